The van der Waals surface area contributed by atoms with Gasteiger partial charge in [-0.1, -0.05) is 0 Å². The minimum absolute atomic E-state index is 0.116. The molecule has 0 amide bonds. The highest BCUT2D eigenvalue weighted by atomic mass is 19.4. The average molecular weight is 244 g/mol. The predicted molar refractivity (Wildman–Crippen MR) is 52.7 cm³/mol. The van der Waals surface area contributed by atoms with Crippen molar-refractivity contribution in [1.29, 1.82) is 0 Å². The van der Waals surface area contributed by atoms with Gasteiger partial charge in [0.25, 0.3) is 0 Å². The van der Waals surface area contributed by atoms with Crippen LogP contribution in [-0.2, 0) is 13.2 Å². The van der Waals surface area contributed by atoms with Gasteiger partial charge in [-0.25, -0.2) is 4.79 Å². The molecule has 0 atom stereocenters. The molecule has 0 fully saturated rings. The molecule has 0 aliphatic heterocycles. The van der Waals surface area contributed by atoms with Crippen molar-refractivity contribution in [3.8, 4) is 0 Å². The largest absolute Gasteiger partial charge is 0.478 e. The second-order valence-electron chi connectivity index (χ2n) is 3.51. The van der Waals surface area contributed by atoms with E-state index in [1.54, 1.807) is 0 Å². The highest BCUT2D eigenvalue weighted by Gasteiger charge is 2.37. The number of carboxylic acids is 1. The van der Waals surface area contributed by atoms with E-state index in [0.717, 1.165) is 6.07 Å². The van der Waals surface area contributed by atoms with Crippen molar-refractivity contribution in [2.24, 2.45) is 7.05 Å². The fraction of sp³-hybridized carbons (Fsp3) is 0.200. The maximum absolute atomic E-state index is 12.7. The number of aromatic nitrogens is 2. The third-order valence-electron chi connectivity index (χ3n) is 2.35. The van der Waals surface area contributed by atoms with Gasteiger partial charge in [0, 0.05) is 12.4 Å². The van der Waals surface area contributed by atoms with E-state index in [2.05, 4.69) is 5.10 Å². The monoisotopic (exact) mass is 244 g/mol. The minimum Gasteiger partial charge on any atom is -0.478 e. The molecule has 0 aliphatic rings. The zero-order chi connectivity index (χ0) is 12.8. The van der Waals surface area contributed by atoms with Gasteiger partial charge >= 0.3 is 12.1 Å². The number of benzene rings is 1. The summed E-state index contributed by atoms with van der Waals surface area (Å²) in [5.74, 6) is -1.27. The van der Waals surface area contributed by atoms with Crippen molar-refractivity contribution < 1.29 is 23.1 Å². The SMILES string of the molecule is Cn1nc2ccc(C(=O)O)cc2c1C(F)(F)F. The van der Waals surface area contributed by atoms with Crippen LogP contribution in [0, 0.1) is 0 Å². The first-order valence-electron chi connectivity index (χ1n) is 4.58. The zero-order valence-electron chi connectivity index (χ0n) is 8.62. The Labute approximate surface area is 93.3 Å². The summed E-state index contributed by atoms with van der Waals surface area (Å²) in [5.41, 5.74) is -1.03. The Morgan fingerprint density at radius 3 is 2.59 bits per heavy atom. The Bertz CT molecular complexity index is 601. The number of aryl methyl sites for hydroxylation is 1. The van der Waals surface area contributed by atoms with Gasteiger partial charge < -0.3 is 5.11 Å². The van der Waals surface area contributed by atoms with Crippen LogP contribution in [0.15, 0.2) is 18.2 Å². The van der Waals surface area contributed by atoms with E-state index in [4.69, 9.17) is 5.11 Å². The molecule has 0 aliphatic carbocycles. The van der Waals surface area contributed by atoms with E-state index in [-0.39, 0.29) is 16.5 Å². The lowest BCUT2D eigenvalue weighted by atomic mass is 10.1. The molecule has 0 saturated heterocycles. The fourth-order valence-corrected chi connectivity index (χ4v) is 1.67. The predicted octanol–water partition coefficient (Wildman–Crippen LogP) is 2.29. The molecule has 0 radical (unpaired) electrons. The maximum atomic E-state index is 12.7. The van der Waals surface area contributed by atoms with Crippen LogP contribution in [0.4, 0.5) is 13.2 Å². The third kappa shape index (κ3) is 1.83. The number of alkyl halides is 3. The second kappa shape index (κ2) is 3.47. The first-order chi connectivity index (χ1) is 7.80. The van der Waals surface area contributed by atoms with Gasteiger partial charge in [-0.2, -0.15) is 18.3 Å². The molecular formula is C10H7F3N2O2. The average Bonchev–Trinajstić information content (AvgIpc) is 2.51. The lowest BCUT2D eigenvalue weighted by molar-refractivity contribution is -0.142. The Balaban J connectivity index is 2.78. The summed E-state index contributed by atoms with van der Waals surface area (Å²) < 4.78 is 38.9. The molecule has 0 unspecified atom stereocenters. The second-order valence-corrected chi connectivity index (χ2v) is 3.51. The van der Waals surface area contributed by atoms with Crippen molar-refractivity contribution in [3.63, 3.8) is 0 Å². The van der Waals surface area contributed by atoms with Gasteiger partial charge in [0.15, 0.2) is 0 Å². The van der Waals surface area contributed by atoms with Crippen LogP contribution in [0.1, 0.15) is 16.1 Å². The molecule has 4 nitrogen and oxygen atoms in total. The number of hydrogen-bond donors (Lipinski definition) is 1. The molecule has 1 aromatic heterocycles. The molecule has 0 spiro atoms. The topological polar surface area (TPSA) is 55.1 Å². The maximum Gasteiger partial charge on any atom is 0.433 e. The lowest BCUT2D eigenvalue weighted by Gasteiger charge is -2.06. The molecule has 0 bridgehead atoms. The molecule has 2 aromatic rings. The number of hydrogen-bond acceptors (Lipinski definition) is 2. The van der Waals surface area contributed by atoms with E-state index in [1.807, 2.05) is 0 Å². The van der Waals surface area contributed by atoms with Crippen LogP contribution in [0.5, 0.6) is 0 Å². The molecular weight excluding hydrogens is 237 g/mol. The highest BCUT2D eigenvalue weighted by molar-refractivity contribution is 5.94. The quantitative estimate of drug-likeness (QED) is 0.837. The Hall–Kier alpha value is -2.05. The van der Waals surface area contributed by atoms with Crippen LogP contribution >= 0.6 is 0 Å². The molecule has 2 rings (SSSR count). The van der Waals surface area contributed by atoms with Gasteiger partial charge in [0.2, 0.25) is 0 Å². The number of carbonyl (C=O) groups is 1. The summed E-state index contributed by atoms with van der Waals surface area (Å²) in [5, 5.41) is 12.2. The van der Waals surface area contributed by atoms with Gasteiger partial charge in [-0.05, 0) is 18.2 Å². The summed E-state index contributed by atoms with van der Waals surface area (Å²) in [6, 6.07) is 3.46. The highest BCUT2D eigenvalue weighted by Crippen LogP contribution is 2.34. The van der Waals surface area contributed by atoms with Gasteiger partial charge in [0.05, 0.1) is 11.1 Å². The molecule has 90 valence electrons. The van der Waals surface area contributed by atoms with Gasteiger partial charge in [-0.3, -0.25) is 4.68 Å². The van der Waals surface area contributed by atoms with E-state index in [9.17, 15) is 18.0 Å². The molecule has 1 aromatic carbocycles. The van der Waals surface area contributed by atoms with Gasteiger partial charge in [-0.15, -0.1) is 0 Å². The molecule has 1 heterocycles. The van der Waals surface area contributed by atoms with E-state index < -0.39 is 17.8 Å². The standard InChI is InChI=1S/C10H7F3N2O2/c1-15-8(10(11,12)13)6-4-5(9(16)17)2-3-7(6)14-15/h2-4H,1H3,(H,16,17). The zero-order valence-corrected chi connectivity index (χ0v) is 8.62. The first-order valence-corrected chi connectivity index (χ1v) is 4.58. The summed E-state index contributed by atoms with van der Waals surface area (Å²) >= 11 is 0. The number of aromatic carboxylic acids is 1. The summed E-state index contributed by atoms with van der Waals surface area (Å²) in [4.78, 5) is 10.7. The molecule has 17 heavy (non-hydrogen) atoms. The van der Waals surface area contributed by atoms with Crippen LogP contribution in [-0.4, -0.2) is 20.9 Å². The Morgan fingerprint density at radius 2 is 2.06 bits per heavy atom. The summed E-state index contributed by atoms with van der Waals surface area (Å²) in [6.45, 7) is 0. The lowest BCUT2D eigenvalue weighted by Crippen LogP contribution is -2.12. The first kappa shape index (κ1) is 11.4. The minimum atomic E-state index is -4.57. The van der Waals surface area contributed by atoms with E-state index >= 15 is 0 Å². The number of nitrogens with zero attached hydrogens (tertiary/aromatic N) is 2. The van der Waals surface area contributed by atoms with E-state index in [0.29, 0.717) is 4.68 Å². The normalized spacial score (nSPS) is 12.0. The van der Waals surface area contributed by atoms with E-state index in [1.165, 1.54) is 19.2 Å². The summed E-state index contributed by atoms with van der Waals surface area (Å²) in [6.07, 6.45) is -4.57. The Morgan fingerprint density at radius 1 is 1.41 bits per heavy atom. The molecule has 7 heteroatoms. The van der Waals surface area contributed by atoms with Crippen LogP contribution in [0.3, 0.4) is 0 Å². The molecule has 1 N–H and O–H groups in total. The smallest absolute Gasteiger partial charge is 0.433 e. The van der Waals surface area contributed by atoms with Crippen molar-refractivity contribution in [1.82, 2.24) is 9.78 Å². The van der Waals surface area contributed by atoms with Gasteiger partial charge in [0.1, 0.15) is 5.69 Å². The molecule has 0 saturated carbocycles. The number of rotatable bonds is 1. The summed E-state index contributed by atoms with van der Waals surface area (Å²) in [7, 11) is 1.17. The van der Waals surface area contributed by atoms with Crippen molar-refractivity contribution in [2.75, 3.05) is 0 Å². The Kier molecular flexibility index (Phi) is 2.34. The van der Waals surface area contributed by atoms with Crippen molar-refractivity contribution in [3.05, 3.63) is 29.5 Å². The third-order valence-corrected chi connectivity index (χ3v) is 2.35. The van der Waals surface area contributed by atoms with Crippen LogP contribution in [0.25, 0.3) is 10.9 Å². The number of carboxylic acid groups (broad SMARTS) is 1. The van der Waals surface area contributed by atoms with Crippen molar-refractivity contribution >= 4 is 16.9 Å². The number of fused-ring (bicyclic) bond motifs is 1. The number of halogens is 3. The fourth-order valence-electron chi connectivity index (χ4n) is 1.67. The van der Waals surface area contributed by atoms with Crippen LogP contribution < -0.4 is 0 Å². The van der Waals surface area contributed by atoms with Crippen molar-refractivity contribution in [2.45, 2.75) is 6.18 Å². The van der Waals surface area contributed by atoms with Crippen LogP contribution in [0.2, 0.25) is 0 Å².